The van der Waals surface area contributed by atoms with Gasteiger partial charge in [-0.3, -0.25) is 10.1 Å². The number of hydrogen-bond acceptors (Lipinski definition) is 6. The Hall–Kier alpha value is -4.40. The predicted octanol–water partition coefficient (Wildman–Crippen LogP) is 5.07. The first-order chi connectivity index (χ1) is 13.9. The second-order valence-corrected chi connectivity index (χ2v) is 5.87. The zero-order chi connectivity index (χ0) is 21.0. The number of aromatic carboxylic acids is 2. The molecular formula is C20H13N3O6. The molecule has 9 heteroatoms. The number of nitro benzene ring substituents is 1. The zero-order valence-electron chi connectivity index (χ0n) is 14.7. The highest BCUT2D eigenvalue weighted by molar-refractivity contribution is 5.92. The van der Waals surface area contributed by atoms with Gasteiger partial charge in [0.05, 0.1) is 21.7 Å². The van der Waals surface area contributed by atoms with Crippen molar-refractivity contribution in [2.24, 2.45) is 10.2 Å². The number of carboxylic acid groups (broad SMARTS) is 2. The molecule has 0 fully saturated rings. The van der Waals surface area contributed by atoms with Crippen molar-refractivity contribution in [2.45, 2.75) is 0 Å². The molecule has 3 aromatic carbocycles. The van der Waals surface area contributed by atoms with Crippen LogP contribution >= 0.6 is 0 Å². The van der Waals surface area contributed by atoms with E-state index in [1.807, 2.05) is 0 Å². The summed E-state index contributed by atoms with van der Waals surface area (Å²) in [6.45, 7) is 0. The highest BCUT2D eigenvalue weighted by atomic mass is 16.6. The van der Waals surface area contributed by atoms with Crippen molar-refractivity contribution < 1.29 is 24.7 Å². The van der Waals surface area contributed by atoms with Crippen LogP contribution in [0.5, 0.6) is 0 Å². The first kappa shape index (κ1) is 19.4. The van der Waals surface area contributed by atoms with E-state index < -0.39 is 16.9 Å². The third-order valence-corrected chi connectivity index (χ3v) is 4.03. The first-order valence-corrected chi connectivity index (χ1v) is 8.23. The predicted molar refractivity (Wildman–Crippen MR) is 103 cm³/mol. The minimum Gasteiger partial charge on any atom is -0.478 e. The minimum absolute atomic E-state index is 0.0189. The molecule has 2 N–H and O–H groups in total. The molecule has 0 aliphatic carbocycles. The van der Waals surface area contributed by atoms with Crippen molar-refractivity contribution in [3.05, 3.63) is 88.0 Å². The van der Waals surface area contributed by atoms with E-state index >= 15 is 0 Å². The lowest BCUT2D eigenvalue weighted by atomic mass is 10.0. The molecule has 29 heavy (non-hydrogen) atoms. The molecule has 0 saturated carbocycles. The summed E-state index contributed by atoms with van der Waals surface area (Å²) in [6.07, 6.45) is 0. The molecule has 0 aliphatic rings. The highest BCUT2D eigenvalue weighted by Gasteiger charge is 2.14. The SMILES string of the molecule is O=C(O)c1ccc(-c2ccc(C(=O)O)cc2N=Nc2ccccc2[N+](=O)[O-])cc1. The van der Waals surface area contributed by atoms with E-state index in [1.54, 1.807) is 18.2 Å². The van der Waals surface area contributed by atoms with E-state index in [9.17, 15) is 24.8 Å². The van der Waals surface area contributed by atoms with Crippen LogP contribution in [0.1, 0.15) is 20.7 Å². The minimum atomic E-state index is -1.17. The van der Waals surface area contributed by atoms with Crippen molar-refractivity contribution in [3.8, 4) is 11.1 Å². The lowest BCUT2D eigenvalue weighted by Gasteiger charge is -2.07. The normalized spacial score (nSPS) is 10.8. The van der Waals surface area contributed by atoms with Gasteiger partial charge in [0, 0.05) is 11.6 Å². The van der Waals surface area contributed by atoms with Gasteiger partial charge in [0.15, 0.2) is 5.69 Å². The number of hydrogen-bond donors (Lipinski definition) is 2. The van der Waals surface area contributed by atoms with Gasteiger partial charge >= 0.3 is 11.9 Å². The molecule has 0 saturated heterocycles. The molecular weight excluding hydrogens is 378 g/mol. The van der Waals surface area contributed by atoms with E-state index in [2.05, 4.69) is 10.2 Å². The van der Waals surface area contributed by atoms with Crippen LogP contribution in [-0.4, -0.2) is 27.1 Å². The Morgan fingerprint density at radius 2 is 1.38 bits per heavy atom. The number of para-hydroxylation sites is 1. The van der Waals surface area contributed by atoms with Crippen LogP contribution in [0.4, 0.5) is 17.1 Å². The molecule has 0 amide bonds. The number of carbonyl (C=O) groups is 2. The molecule has 0 spiro atoms. The van der Waals surface area contributed by atoms with Crippen LogP contribution in [0, 0.1) is 10.1 Å². The Balaban J connectivity index is 2.09. The molecule has 0 heterocycles. The smallest absolute Gasteiger partial charge is 0.335 e. The average molecular weight is 391 g/mol. The summed E-state index contributed by atoms with van der Waals surface area (Å²) in [7, 11) is 0. The van der Waals surface area contributed by atoms with Crippen LogP contribution in [0.3, 0.4) is 0 Å². The third-order valence-electron chi connectivity index (χ3n) is 4.03. The summed E-state index contributed by atoms with van der Waals surface area (Å²) in [4.78, 5) is 32.9. The molecule has 3 aromatic rings. The van der Waals surface area contributed by atoms with Gasteiger partial charge in [-0.15, -0.1) is 10.2 Å². The fourth-order valence-electron chi connectivity index (χ4n) is 2.59. The summed E-state index contributed by atoms with van der Waals surface area (Å²) >= 11 is 0. The number of nitro groups is 1. The molecule has 0 atom stereocenters. The Labute approximate surface area is 163 Å². The van der Waals surface area contributed by atoms with Crippen LogP contribution in [0.15, 0.2) is 77.0 Å². The monoisotopic (exact) mass is 391 g/mol. The van der Waals surface area contributed by atoms with E-state index in [-0.39, 0.29) is 28.2 Å². The number of rotatable bonds is 6. The number of benzene rings is 3. The summed E-state index contributed by atoms with van der Waals surface area (Å²) in [5.74, 6) is -2.24. The van der Waals surface area contributed by atoms with E-state index in [0.29, 0.717) is 11.1 Å². The molecule has 0 radical (unpaired) electrons. The molecule has 0 bridgehead atoms. The second kappa shape index (κ2) is 8.09. The zero-order valence-corrected chi connectivity index (χ0v) is 14.7. The van der Waals surface area contributed by atoms with Gasteiger partial charge in [0.25, 0.3) is 5.69 Å². The van der Waals surface area contributed by atoms with Crippen LogP contribution < -0.4 is 0 Å². The van der Waals surface area contributed by atoms with Crippen LogP contribution in [0.25, 0.3) is 11.1 Å². The summed E-state index contributed by atoms with van der Waals surface area (Å²) < 4.78 is 0. The molecule has 0 aliphatic heterocycles. The maximum atomic E-state index is 11.3. The Morgan fingerprint density at radius 3 is 2.00 bits per heavy atom. The fourth-order valence-corrected chi connectivity index (χ4v) is 2.59. The number of azo groups is 1. The van der Waals surface area contributed by atoms with Crippen LogP contribution in [-0.2, 0) is 0 Å². The standard InChI is InChI=1S/C20H13N3O6/c24-19(25)13-7-5-12(6-8-13)15-10-9-14(20(26)27)11-17(15)22-21-16-3-1-2-4-18(16)23(28)29/h1-11H,(H,24,25)(H,26,27). The summed E-state index contributed by atoms with van der Waals surface area (Å²) in [5, 5.41) is 37.4. The Morgan fingerprint density at radius 1 is 0.793 bits per heavy atom. The molecule has 144 valence electrons. The lowest BCUT2D eigenvalue weighted by Crippen LogP contribution is -1.97. The summed E-state index contributed by atoms with van der Waals surface area (Å²) in [5.41, 5.74) is 1.10. The van der Waals surface area contributed by atoms with Crippen molar-refractivity contribution in [3.63, 3.8) is 0 Å². The third kappa shape index (κ3) is 4.30. The van der Waals surface area contributed by atoms with E-state index in [4.69, 9.17) is 5.11 Å². The molecule has 9 nitrogen and oxygen atoms in total. The van der Waals surface area contributed by atoms with Gasteiger partial charge in [0.1, 0.15) is 0 Å². The van der Waals surface area contributed by atoms with E-state index in [0.717, 1.165) is 0 Å². The van der Waals surface area contributed by atoms with Gasteiger partial charge in [-0.1, -0.05) is 30.3 Å². The maximum absolute atomic E-state index is 11.3. The fraction of sp³-hybridized carbons (Fsp3) is 0. The maximum Gasteiger partial charge on any atom is 0.335 e. The lowest BCUT2D eigenvalue weighted by molar-refractivity contribution is -0.384. The van der Waals surface area contributed by atoms with Crippen LogP contribution in [0.2, 0.25) is 0 Å². The average Bonchev–Trinajstić information content (AvgIpc) is 2.72. The van der Waals surface area contributed by atoms with Crippen molar-refractivity contribution in [1.29, 1.82) is 0 Å². The second-order valence-electron chi connectivity index (χ2n) is 5.87. The topological polar surface area (TPSA) is 142 Å². The van der Waals surface area contributed by atoms with E-state index in [1.165, 1.54) is 48.5 Å². The number of nitrogens with zero attached hydrogens (tertiary/aromatic N) is 3. The van der Waals surface area contributed by atoms with Gasteiger partial charge in [-0.2, -0.15) is 0 Å². The first-order valence-electron chi connectivity index (χ1n) is 8.23. The van der Waals surface area contributed by atoms with Crippen molar-refractivity contribution in [1.82, 2.24) is 0 Å². The van der Waals surface area contributed by atoms with Crippen molar-refractivity contribution >= 4 is 29.0 Å². The van der Waals surface area contributed by atoms with Gasteiger partial charge < -0.3 is 10.2 Å². The number of carboxylic acids is 2. The molecule has 0 aromatic heterocycles. The van der Waals surface area contributed by atoms with Gasteiger partial charge in [-0.25, -0.2) is 9.59 Å². The molecule has 3 rings (SSSR count). The molecule has 0 unspecified atom stereocenters. The van der Waals surface area contributed by atoms with Crippen molar-refractivity contribution in [2.75, 3.05) is 0 Å². The largest absolute Gasteiger partial charge is 0.478 e. The quantitative estimate of drug-likeness (QED) is 0.341. The Bertz CT molecular complexity index is 1140. The Kier molecular flexibility index (Phi) is 5.40. The highest BCUT2D eigenvalue weighted by Crippen LogP contribution is 2.34. The van der Waals surface area contributed by atoms with Gasteiger partial charge in [-0.05, 0) is 35.9 Å². The van der Waals surface area contributed by atoms with Gasteiger partial charge in [0.2, 0.25) is 0 Å². The summed E-state index contributed by atoms with van der Waals surface area (Å²) in [6, 6.07) is 15.9.